The molecule has 0 aromatic carbocycles. The lowest BCUT2D eigenvalue weighted by Gasteiger charge is -2.40. The molecule has 1 aliphatic heterocycles. The fourth-order valence-corrected chi connectivity index (χ4v) is 8.60. The summed E-state index contributed by atoms with van der Waals surface area (Å²) in [7, 11) is 0. The summed E-state index contributed by atoms with van der Waals surface area (Å²) >= 11 is 0. The zero-order valence-electron chi connectivity index (χ0n) is 51.4. The maximum absolute atomic E-state index is 13.2. The number of carboxylic acid groups (broad SMARTS) is 1. The van der Waals surface area contributed by atoms with Crippen LogP contribution in [0, 0.1) is 0 Å². The molecule has 0 aliphatic carbocycles. The van der Waals surface area contributed by atoms with Crippen molar-refractivity contribution in [3.05, 3.63) is 146 Å². The van der Waals surface area contributed by atoms with Crippen molar-refractivity contribution in [2.45, 2.75) is 263 Å². The lowest BCUT2D eigenvalue weighted by molar-refractivity contribution is -0.301. The Morgan fingerprint density at radius 3 is 1.25 bits per heavy atom. The van der Waals surface area contributed by atoms with Gasteiger partial charge in [0, 0.05) is 19.3 Å². The molecule has 12 nitrogen and oxygen atoms in total. The van der Waals surface area contributed by atoms with Crippen molar-refractivity contribution < 1.29 is 58.2 Å². The van der Waals surface area contributed by atoms with Gasteiger partial charge in [-0.25, -0.2) is 4.79 Å². The van der Waals surface area contributed by atoms with Crippen molar-refractivity contribution >= 4 is 23.9 Å². The van der Waals surface area contributed by atoms with E-state index in [9.17, 15) is 34.5 Å². The number of carboxylic acids is 1. The van der Waals surface area contributed by atoms with Crippen LogP contribution in [0.4, 0.5) is 0 Å². The fraction of sp³-hybridized carbons (Fsp3) is 0.606. The van der Waals surface area contributed by atoms with Gasteiger partial charge in [0.15, 0.2) is 24.6 Å². The highest BCUT2D eigenvalue weighted by Gasteiger charge is 2.50. The predicted octanol–water partition coefficient (Wildman–Crippen LogP) is 17.1. The maximum Gasteiger partial charge on any atom is 0.335 e. The Kier molecular flexibility index (Phi) is 52.0. The van der Waals surface area contributed by atoms with E-state index in [4.69, 9.17) is 23.7 Å². The zero-order valence-corrected chi connectivity index (χ0v) is 51.4. The van der Waals surface area contributed by atoms with E-state index in [1.54, 1.807) is 0 Å². The van der Waals surface area contributed by atoms with Gasteiger partial charge in [0.1, 0.15) is 18.8 Å². The first kappa shape index (κ1) is 75.6. The second kappa shape index (κ2) is 57.1. The molecule has 0 spiro atoms. The van der Waals surface area contributed by atoms with Crippen LogP contribution < -0.4 is 0 Å². The molecule has 0 amide bonds. The Morgan fingerprint density at radius 1 is 0.410 bits per heavy atom. The number of hydrogen-bond donors (Lipinski definition) is 3. The van der Waals surface area contributed by atoms with Crippen LogP contribution in [0.3, 0.4) is 0 Å². The SMILES string of the molecule is CC/C=C\C/C=C\C/C=C\C/C=C\C/C=C\C/C=C\CCC(=O)OC1C(OCC(COC(=O)CCC/C=C\C/C=C\C/C=C\C/C=C\C/C=C\CC)OC(=O)CCCCCCCCC/C=C\CCCCCCCC)OC(C(=O)O)C(O)C1O. The van der Waals surface area contributed by atoms with Crippen LogP contribution in [0.5, 0.6) is 0 Å². The summed E-state index contributed by atoms with van der Waals surface area (Å²) in [6.45, 7) is 5.68. The number of aliphatic hydroxyl groups excluding tert-OH is 2. The molecule has 6 atom stereocenters. The third-order valence-electron chi connectivity index (χ3n) is 13.4. The van der Waals surface area contributed by atoms with E-state index < -0.39 is 67.3 Å². The highest BCUT2D eigenvalue weighted by atomic mass is 16.7. The van der Waals surface area contributed by atoms with Gasteiger partial charge in [0.2, 0.25) is 0 Å². The summed E-state index contributed by atoms with van der Waals surface area (Å²) in [5, 5.41) is 31.6. The normalized spacial score (nSPS) is 18.6. The first-order valence-electron chi connectivity index (χ1n) is 31.8. The van der Waals surface area contributed by atoms with E-state index in [0.29, 0.717) is 32.1 Å². The highest BCUT2D eigenvalue weighted by molar-refractivity contribution is 5.74. The zero-order chi connectivity index (χ0) is 60.3. The Balaban J connectivity index is 2.76. The van der Waals surface area contributed by atoms with Crippen molar-refractivity contribution in [1.29, 1.82) is 0 Å². The third-order valence-corrected chi connectivity index (χ3v) is 13.4. The number of unbranched alkanes of at least 4 members (excludes halogenated alkanes) is 14. The van der Waals surface area contributed by atoms with Gasteiger partial charge in [0.05, 0.1) is 6.61 Å². The number of carbonyl (C=O) groups is 4. The summed E-state index contributed by atoms with van der Waals surface area (Å²) in [6.07, 6.45) is 69.7. The number of ether oxygens (including phenoxy) is 5. The number of hydrogen-bond acceptors (Lipinski definition) is 11. The lowest BCUT2D eigenvalue weighted by Crippen LogP contribution is -2.61. The van der Waals surface area contributed by atoms with E-state index >= 15 is 0 Å². The smallest absolute Gasteiger partial charge is 0.335 e. The Bertz CT molecular complexity index is 2000. The van der Waals surface area contributed by atoms with E-state index in [1.807, 2.05) is 24.3 Å². The quantitative estimate of drug-likeness (QED) is 0.0228. The molecule has 0 saturated carbocycles. The summed E-state index contributed by atoms with van der Waals surface area (Å²) < 4.78 is 28.3. The van der Waals surface area contributed by atoms with Gasteiger partial charge >= 0.3 is 23.9 Å². The van der Waals surface area contributed by atoms with Crippen molar-refractivity contribution in [3.8, 4) is 0 Å². The molecule has 0 aromatic heterocycles. The summed E-state index contributed by atoms with van der Waals surface area (Å²) in [5.41, 5.74) is 0. The number of aliphatic carboxylic acids is 1. The van der Waals surface area contributed by atoms with Crippen LogP contribution >= 0.6 is 0 Å². The van der Waals surface area contributed by atoms with Gasteiger partial charge in [-0.1, -0.05) is 231 Å². The molecule has 1 rings (SSSR count). The third kappa shape index (κ3) is 46.6. The molecular weight excluding hydrogens is 1040 g/mol. The van der Waals surface area contributed by atoms with E-state index in [2.05, 4.69) is 142 Å². The van der Waals surface area contributed by atoms with Crippen LogP contribution in [0.1, 0.15) is 226 Å². The minimum Gasteiger partial charge on any atom is -0.479 e. The van der Waals surface area contributed by atoms with Crippen molar-refractivity contribution in [2.24, 2.45) is 0 Å². The molecule has 3 N–H and O–H groups in total. The second-order valence-corrected chi connectivity index (χ2v) is 20.9. The van der Waals surface area contributed by atoms with E-state index in [-0.39, 0.29) is 25.9 Å². The van der Waals surface area contributed by atoms with Crippen molar-refractivity contribution in [3.63, 3.8) is 0 Å². The Hall–Kier alpha value is -5.40. The highest BCUT2D eigenvalue weighted by Crippen LogP contribution is 2.26. The van der Waals surface area contributed by atoms with E-state index in [1.165, 1.54) is 57.8 Å². The van der Waals surface area contributed by atoms with Crippen molar-refractivity contribution in [1.82, 2.24) is 0 Å². The monoisotopic (exact) mass is 1150 g/mol. The molecule has 0 aromatic rings. The summed E-state index contributed by atoms with van der Waals surface area (Å²) in [5.74, 6) is -3.33. The number of aliphatic hydroxyl groups is 2. The van der Waals surface area contributed by atoms with Gasteiger partial charge < -0.3 is 39.0 Å². The number of carbonyl (C=O) groups excluding carboxylic acids is 3. The van der Waals surface area contributed by atoms with Gasteiger partial charge in [-0.15, -0.1) is 0 Å². The van der Waals surface area contributed by atoms with Gasteiger partial charge in [-0.3, -0.25) is 14.4 Å². The van der Waals surface area contributed by atoms with Gasteiger partial charge in [-0.05, 0) is 122 Å². The standard InChI is InChI=1S/C71H110O12/c1-4-7-10-13-16-19-22-25-28-31-32-35-38-41-44-47-50-53-56-59-65(74)82-69-67(76)66(75)68(70(77)78)83-71(69)80-61-62(81-64(73)58-55-52-49-46-43-40-37-34-30-27-24-21-18-15-12-9-6-3)60-79-63(72)57-54-51-48-45-42-39-36-33-29-26-23-20-17-14-11-8-5-2/h7-8,10-11,16-17,19-20,25-30,32,35-36,39,41,44-45,48,50,53,62,66-69,71,75-76H,4-6,9,12-15,18,21-24,31,33-34,37-38,40,42-43,46-47,49,51-52,54-61H2,1-3H3,(H,77,78)/b10-7-,11-8-,19-16-,20-17-,28-25-,29-26-,30-27-,35-32-,39-36-,44-41-,48-45-,53-50-. The molecule has 6 unspecified atom stereocenters. The average Bonchev–Trinajstić information content (AvgIpc) is 3.55. The second-order valence-electron chi connectivity index (χ2n) is 20.9. The largest absolute Gasteiger partial charge is 0.479 e. The van der Waals surface area contributed by atoms with Crippen LogP contribution in [0.15, 0.2) is 146 Å². The molecular formula is C71H110O12. The van der Waals surface area contributed by atoms with Crippen LogP contribution in [0.25, 0.3) is 0 Å². The Labute approximate surface area is 502 Å². The molecule has 1 heterocycles. The number of rotatable bonds is 52. The van der Waals surface area contributed by atoms with Crippen LogP contribution in [-0.4, -0.2) is 89.2 Å². The Morgan fingerprint density at radius 2 is 0.795 bits per heavy atom. The molecule has 466 valence electrons. The minimum atomic E-state index is -1.95. The first-order chi connectivity index (χ1) is 40.6. The topological polar surface area (TPSA) is 175 Å². The van der Waals surface area contributed by atoms with Crippen molar-refractivity contribution in [2.75, 3.05) is 13.2 Å². The minimum absolute atomic E-state index is 0.0785. The molecule has 1 fully saturated rings. The lowest BCUT2D eigenvalue weighted by atomic mass is 9.98. The maximum atomic E-state index is 13.2. The van der Waals surface area contributed by atoms with Gasteiger partial charge in [0.25, 0.3) is 0 Å². The molecule has 0 bridgehead atoms. The van der Waals surface area contributed by atoms with E-state index in [0.717, 1.165) is 96.3 Å². The number of allylic oxidation sites excluding steroid dienone is 24. The van der Waals surface area contributed by atoms with Gasteiger partial charge in [-0.2, -0.15) is 0 Å². The average molecular weight is 1160 g/mol. The summed E-state index contributed by atoms with van der Waals surface area (Å²) in [6, 6.07) is 0. The predicted molar refractivity (Wildman–Crippen MR) is 339 cm³/mol. The molecule has 1 aliphatic rings. The summed E-state index contributed by atoms with van der Waals surface area (Å²) in [4.78, 5) is 51.3. The first-order valence-corrected chi connectivity index (χ1v) is 31.8. The molecule has 12 heteroatoms. The van der Waals surface area contributed by atoms with Crippen LogP contribution in [-0.2, 0) is 42.9 Å². The molecule has 0 radical (unpaired) electrons. The number of esters is 3. The fourth-order valence-electron chi connectivity index (χ4n) is 8.60. The molecule has 83 heavy (non-hydrogen) atoms. The molecule has 1 saturated heterocycles. The van der Waals surface area contributed by atoms with Crippen LogP contribution in [0.2, 0.25) is 0 Å².